The lowest BCUT2D eigenvalue weighted by Crippen LogP contribution is -2.21. The number of nitrogens with zero attached hydrogens (tertiary/aromatic N) is 2. The topological polar surface area (TPSA) is 95.2 Å². The quantitative estimate of drug-likeness (QED) is 0.218. The number of methoxy groups -OCH3 is 1. The van der Waals surface area contributed by atoms with Gasteiger partial charge in [0.2, 0.25) is 14.2 Å². The van der Waals surface area contributed by atoms with Crippen molar-refractivity contribution in [1.82, 2.24) is 9.97 Å². The third-order valence-corrected chi connectivity index (χ3v) is 6.03. The number of nitrogen functional groups attached to an aromatic ring is 1. The van der Waals surface area contributed by atoms with Gasteiger partial charge in [0.05, 0.1) is 12.6 Å². The summed E-state index contributed by atoms with van der Waals surface area (Å²) in [6.07, 6.45) is 3.27. The van der Waals surface area contributed by atoms with Crippen molar-refractivity contribution in [3.63, 3.8) is 0 Å². The first-order valence-electron chi connectivity index (χ1n) is 10.1. The molecular formula is C24H20F2N3O3P. The van der Waals surface area contributed by atoms with Crippen molar-refractivity contribution in [2.45, 2.75) is 25.4 Å². The molecule has 0 aliphatic rings. The van der Waals surface area contributed by atoms with Crippen molar-refractivity contribution < 1.29 is 22.9 Å². The number of aryl methyl sites for hydroxylation is 3. The summed E-state index contributed by atoms with van der Waals surface area (Å²) >= 11 is 0. The average Bonchev–Trinajstić information content (AvgIpc) is 2.82. The molecule has 0 unspecified atom stereocenters. The number of ether oxygens (including phenoxy) is 1. The van der Waals surface area contributed by atoms with Crippen LogP contribution in [0.2, 0.25) is 0 Å². The van der Waals surface area contributed by atoms with Crippen molar-refractivity contribution in [3.8, 4) is 5.75 Å². The van der Waals surface area contributed by atoms with Gasteiger partial charge in [0.25, 0.3) is 0 Å². The largest absolute Gasteiger partial charge is 0.497 e. The molecule has 0 atom stereocenters. The highest BCUT2D eigenvalue weighted by Gasteiger charge is 2.40. The highest BCUT2D eigenvalue weighted by molar-refractivity contribution is 7.27. The summed E-state index contributed by atoms with van der Waals surface area (Å²) in [7, 11) is 0.0795. The van der Waals surface area contributed by atoms with Crippen LogP contribution in [0.4, 0.5) is 14.6 Å². The van der Waals surface area contributed by atoms with Crippen LogP contribution in [0.25, 0.3) is 21.8 Å². The van der Waals surface area contributed by atoms with Crippen LogP contribution >= 0.6 is 8.46 Å². The Kier molecular flexibility index (Phi) is 6.04. The predicted octanol–water partition coefficient (Wildman–Crippen LogP) is 5.53. The molecule has 33 heavy (non-hydrogen) atoms. The van der Waals surface area contributed by atoms with Crippen molar-refractivity contribution in [2.24, 2.45) is 0 Å². The number of nitrogens with two attached hydrogens (primary N) is 1. The van der Waals surface area contributed by atoms with Crippen molar-refractivity contribution in [2.75, 3.05) is 12.8 Å². The Labute approximate surface area is 190 Å². The number of pyridine rings is 2. The second-order valence-electron chi connectivity index (χ2n) is 7.72. The number of rotatable bonds is 7. The van der Waals surface area contributed by atoms with Gasteiger partial charge >= 0.3 is 5.66 Å². The van der Waals surface area contributed by atoms with E-state index < -0.39 is 19.9 Å². The minimum absolute atomic E-state index is 0.133. The lowest BCUT2D eigenvalue weighted by Gasteiger charge is -2.11. The Bertz CT molecular complexity index is 1410. The first kappa shape index (κ1) is 22.7. The van der Waals surface area contributed by atoms with E-state index in [9.17, 15) is 18.1 Å². The van der Waals surface area contributed by atoms with Gasteiger partial charge in [-0.1, -0.05) is 18.2 Å². The SMILES string of the molecule is COc1ccc(CCc2cnc3c(N)nc4cc(C(=O)C(F)(F)P=O)ccc4c3c2)c(C)c1. The average molecular weight is 467 g/mol. The van der Waals surface area contributed by atoms with E-state index >= 15 is 0 Å². The lowest BCUT2D eigenvalue weighted by atomic mass is 9.99. The molecule has 0 amide bonds. The zero-order chi connectivity index (χ0) is 23.8. The van der Waals surface area contributed by atoms with E-state index in [1.54, 1.807) is 13.3 Å². The van der Waals surface area contributed by atoms with E-state index in [1.807, 2.05) is 31.2 Å². The van der Waals surface area contributed by atoms with Crippen molar-refractivity contribution in [1.29, 1.82) is 0 Å². The maximum atomic E-state index is 13.6. The van der Waals surface area contributed by atoms with Gasteiger partial charge in [-0.3, -0.25) is 14.3 Å². The second kappa shape index (κ2) is 8.79. The number of Topliss-reactive ketones (excluding diaryl/α,β-unsaturated/α-hetero) is 1. The van der Waals surface area contributed by atoms with Gasteiger partial charge in [0.1, 0.15) is 11.3 Å². The summed E-state index contributed by atoms with van der Waals surface area (Å²) in [6.45, 7) is 2.03. The zero-order valence-corrected chi connectivity index (χ0v) is 18.8. The number of anilines is 1. The highest BCUT2D eigenvalue weighted by atomic mass is 31.1. The van der Waals surface area contributed by atoms with Crippen molar-refractivity contribution >= 4 is 41.9 Å². The Morgan fingerprint density at radius 1 is 1.12 bits per heavy atom. The number of halogens is 2. The molecule has 4 aromatic rings. The molecule has 0 radical (unpaired) electrons. The Morgan fingerprint density at radius 3 is 2.61 bits per heavy atom. The molecule has 0 saturated carbocycles. The normalized spacial score (nSPS) is 11.9. The molecule has 4 rings (SSSR count). The predicted molar refractivity (Wildman–Crippen MR) is 123 cm³/mol. The third-order valence-electron chi connectivity index (χ3n) is 5.60. The zero-order valence-electron chi connectivity index (χ0n) is 17.9. The number of carbonyl (C=O) groups excluding carboxylic acids is 1. The van der Waals surface area contributed by atoms with Gasteiger partial charge in [-0.2, -0.15) is 8.78 Å². The number of aromatic nitrogens is 2. The fourth-order valence-corrected chi connectivity index (χ4v) is 4.01. The van der Waals surface area contributed by atoms with E-state index in [0.717, 1.165) is 29.7 Å². The first-order valence-corrected chi connectivity index (χ1v) is 10.9. The number of benzene rings is 2. The first-order chi connectivity index (χ1) is 15.7. The van der Waals surface area contributed by atoms with Crippen LogP contribution in [-0.2, 0) is 17.4 Å². The fraction of sp³-hybridized carbons (Fsp3) is 0.208. The number of hydrogen-bond donors (Lipinski definition) is 1. The summed E-state index contributed by atoms with van der Waals surface area (Å²) in [6, 6.07) is 11.9. The van der Waals surface area contributed by atoms with Gasteiger partial charge in [-0.05, 0) is 60.7 Å². The van der Waals surface area contributed by atoms with Crippen LogP contribution in [0.1, 0.15) is 27.0 Å². The number of hydrogen-bond acceptors (Lipinski definition) is 6. The van der Waals surface area contributed by atoms with E-state index in [1.165, 1.54) is 23.8 Å². The van der Waals surface area contributed by atoms with Gasteiger partial charge in [0, 0.05) is 22.5 Å². The molecule has 168 valence electrons. The Morgan fingerprint density at radius 2 is 1.91 bits per heavy atom. The highest BCUT2D eigenvalue weighted by Crippen LogP contribution is 2.33. The molecule has 0 bridgehead atoms. The van der Waals surface area contributed by atoms with Crippen LogP contribution in [0, 0.1) is 6.92 Å². The van der Waals surface area contributed by atoms with Crippen LogP contribution in [0.3, 0.4) is 0 Å². The summed E-state index contributed by atoms with van der Waals surface area (Å²) in [5.74, 6) is -0.597. The molecule has 2 aromatic heterocycles. The van der Waals surface area contributed by atoms with Crippen LogP contribution in [0.5, 0.6) is 5.75 Å². The second-order valence-corrected chi connectivity index (χ2v) is 8.47. The number of alkyl halides is 2. The van der Waals surface area contributed by atoms with Crippen molar-refractivity contribution in [3.05, 3.63) is 70.9 Å². The minimum Gasteiger partial charge on any atom is -0.497 e. The molecule has 2 heterocycles. The molecule has 2 aromatic carbocycles. The van der Waals surface area contributed by atoms with E-state index in [4.69, 9.17) is 10.5 Å². The third kappa shape index (κ3) is 4.39. The molecular weight excluding hydrogens is 447 g/mol. The number of ketones is 1. The van der Waals surface area contributed by atoms with E-state index in [0.29, 0.717) is 16.3 Å². The van der Waals surface area contributed by atoms with E-state index in [-0.39, 0.29) is 16.9 Å². The summed E-state index contributed by atoms with van der Waals surface area (Å²) in [4.78, 5) is 20.7. The fourth-order valence-electron chi connectivity index (χ4n) is 3.80. The molecule has 0 aliphatic carbocycles. The molecule has 0 saturated heterocycles. The van der Waals surface area contributed by atoms with Crippen LogP contribution in [-0.4, -0.2) is 28.5 Å². The monoisotopic (exact) mass is 467 g/mol. The number of carbonyl (C=O) groups is 1. The molecule has 0 fully saturated rings. The molecule has 0 aliphatic heterocycles. The molecule has 2 N–H and O–H groups in total. The Balaban J connectivity index is 1.70. The minimum atomic E-state index is -4.00. The van der Waals surface area contributed by atoms with E-state index in [2.05, 4.69) is 9.97 Å². The summed E-state index contributed by atoms with van der Waals surface area (Å²) in [5, 5.41) is 1.35. The number of fused-ring (bicyclic) bond motifs is 3. The van der Waals surface area contributed by atoms with Gasteiger partial charge in [0.15, 0.2) is 5.82 Å². The molecule has 9 heteroatoms. The molecule has 6 nitrogen and oxygen atoms in total. The summed E-state index contributed by atoms with van der Waals surface area (Å²) in [5.41, 5.74) is 5.85. The maximum Gasteiger partial charge on any atom is 0.386 e. The summed E-state index contributed by atoms with van der Waals surface area (Å²) < 4.78 is 43.1. The maximum absolute atomic E-state index is 13.6. The van der Waals surface area contributed by atoms with Crippen LogP contribution < -0.4 is 10.5 Å². The standard InChI is InChI=1S/C24H20F2N3O3P/c1-13-9-17(32-2)7-5-15(13)4-3-14-10-19-18-8-6-16(22(30)24(25,26)33-31)11-20(18)29-23(27)21(19)28-12-14/h5-12H,3-4H2,1-2H3,(H2,27,29). The Hall–Kier alpha value is -3.51. The van der Waals surface area contributed by atoms with Crippen LogP contribution in [0.15, 0.2) is 48.7 Å². The van der Waals surface area contributed by atoms with Gasteiger partial charge < -0.3 is 10.5 Å². The van der Waals surface area contributed by atoms with Gasteiger partial charge in [-0.25, -0.2) is 4.98 Å². The lowest BCUT2D eigenvalue weighted by molar-refractivity contribution is 0.0544. The molecule has 0 spiro atoms. The smallest absolute Gasteiger partial charge is 0.386 e. The van der Waals surface area contributed by atoms with Gasteiger partial charge in [-0.15, -0.1) is 0 Å².